The smallest absolute Gasteiger partial charge is 0.111 e. The topological polar surface area (TPSA) is 17.8 Å². The molecular formula is C8H14N2S. The lowest BCUT2D eigenvalue weighted by Gasteiger charge is -1.98. The van der Waals surface area contributed by atoms with Crippen molar-refractivity contribution in [2.75, 3.05) is 0 Å². The van der Waals surface area contributed by atoms with Crippen LogP contribution in [0.2, 0.25) is 0 Å². The van der Waals surface area contributed by atoms with Gasteiger partial charge in [0.25, 0.3) is 0 Å². The molecule has 0 fully saturated rings. The Bertz CT molecular complexity index is 208. The van der Waals surface area contributed by atoms with E-state index in [0.717, 1.165) is 11.6 Å². The second kappa shape index (κ2) is 4.44. The molecule has 0 unspecified atom stereocenters. The van der Waals surface area contributed by atoms with Crippen LogP contribution in [-0.2, 0) is 6.54 Å². The molecule has 11 heavy (non-hydrogen) atoms. The van der Waals surface area contributed by atoms with Crippen LogP contribution in [0.1, 0.15) is 26.2 Å². The fourth-order valence-corrected chi connectivity index (χ4v) is 1.21. The van der Waals surface area contributed by atoms with Gasteiger partial charge in [0.05, 0.1) is 6.33 Å². The van der Waals surface area contributed by atoms with Gasteiger partial charge < -0.3 is 4.57 Å². The molecule has 0 saturated heterocycles. The van der Waals surface area contributed by atoms with Gasteiger partial charge in [-0.25, -0.2) is 4.98 Å². The molecule has 0 radical (unpaired) electrons. The van der Waals surface area contributed by atoms with E-state index in [0.29, 0.717) is 0 Å². The van der Waals surface area contributed by atoms with E-state index < -0.39 is 0 Å². The summed E-state index contributed by atoms with van der Waals surface area (Å²) in [5, 5.41) is 0.807. The van der Waals surface area contributed by atoms with E-state index in [1.807, 2.05) is 12.5 Å². The molecule has 0 N–H and O–H groups in total. The molecule has 62 valence electrons. The SMILES string of the molecule is CCCCCn1cnc(S)c1. The Morgan fingerprint density at radius 3 is 2.91 bits per heavy atom. The Hall–Kier alpha value is -0.440. The molecule has 1 aromatic rings. The van der Waals surface area contributed by atoms with Gasteiger partial charge in [-0.05, 0) is 6.42 Å². The highest BCUT2D eigenvalue weighted by atomic mass is 32.1. The van der Waals surface area contributed by atoms with Crippen molar-refractivity contribution >= 4 is 12.6 Å². The van der Waals surface area contributed by atoms with Crippen LogP contribution >= 0.6 is 12.6 Å². The van der Waals surface area contributed by atoms with Crippen molar-refractivity contribution < 1.29 is 0 Å². The van der Waals surface area contributed by atoms with E-state index in [2.05, 4.69) is 29.1 Å². The highest BCUT2D eigenvalue weighted by molar-refractivity contribution is 7.80. The summed E-state index contributed by atoms with van der Waals surface area (Å²) in [4.78, 5) is 4.02. The summed E-state index contributed by atoms with van der Waals surface area (Å²) in [7, 11) is 0. The molecular weight excluding hydrogens is 156 g/mol. The van der Waals surface area contributed by atoms with Crippen LogP contribution in [0.15, 0.2) is 17.6 Å². The standard InChI is InChI=1S/C8H14N2S/c1-2-3-4-5-10-6-8(11)9-7-10/h6-7,11H,2-5H2,1H3. The number of aryl methyl sites for hydroxylation is 1. The summed E-state index contributed by atoms with van der Waals surface area (Å²) in [5.41, 5.74) is 0. The fourth-order valence-electron chi connectivity index (χ4n) is 1.01. The Morgan fingerprint density at radius 1 is 1.55 bits per heavy atom. The van der Waals surface area contributed by atoms with Gasteiger partial charge in [0, 0.05) is 12.7 Å². The van der Waals surface area contributed by atoms with Gasteiger partial charge in [0.1, 0.15) is 5.03 Å². The van der Waals surface area contributed by atoms with E-state index in [1.54, 1.807) is 0 Å². The Labute approximate surface area is 73.0 Å². The third-order valence-electron chi connectivity index (χ3n) is 1.64. The molecule has 0 spiro atoms. The number of imidazole rings is 1. The minimum absolute atomic E-state index is 0.807. The van der Waals surface area contributed by atoms with Crippen LogP contribution in [0.5, 0.6) is 0 Å². The van der Waals surface area contributed by atoms with Crippen molar-refractivity contribution in [1.82, 2.24) is 9.55 Å². The molecule has 0 aliphatic carbocycles. The van der Waals surface area contributed by atoms with Gasteiger partial charge in [-0.3, -0.25) is 0 Å². The monoisotopic (exact) mass is 170 g/mol. The average molecular weight is 170 g/mol. The van der Waals surface area contributed by atoms with Crippen LogP contribution < -0.4 is 0 Å². The van der Waals surface area contributed by atoms with Gasteiger partial charge in [-0.15, -0.1) is 12.6 Å². The largest absolute Gasteiger partial charge is 0.336 e. The van der Waals surface area contributed by atoms with E-state index in [1.165, 1.54) is 19.3 Å². The number of thiol groups is 1. The maximum atomic E-state index is 4.12. The third kappa shape index (κ3) is 2.97. The quantitative estimate of drug-likeness (QED) is 0.542. The van der Waals surface area contributed by atoms with Crippen LogP contribution in [0.3, 0.4) is 0 Å². The lowest BCUT2D eigenvalue weighted by atomic mass is 10.2. The number of hydrogen-bond acceptors (Lipinski definition) is 2. The van der Waals surface area contributed by atoms with Crippen molar-refractivity contribution in [3.05, 3.63) is 12.5 Å². The van der Waals surface area contributed by atoms with Crippen molar-refractivity contribution in [3.63, 3.8) is 0 Å². The second-order valence-corrected chi connectivity index (χ2v) is 3.13. The van der Waals surface area contributed by atoms with Gasteiger partial charge in [-0.2, -0.15) is 0 Å². The predicted molar refractivity (Wildman–Crippen MR) is 49.0 cm³/mol. The highest BCUT2D eigenvalue weighted by Gasteiger charge is 1.92. The summed E-state index contributed by atoms with van der Waals surface area (Å²) in [5.74, 6) is 0. The number of nitrogens with zero attached hydrogens (tertiary/aromatic N) is 2. The Morgan fingerprint density at radius 2 is 2.36 bits per heavy atom. The molecule has 2 nitrogen and oxygen atoms in total. The molecule has 3 heteroatoms. The molecule has 1 heterocycles. The Kier molecular flexibility index (Phi) is 3.49. The summed E-state index contributed by atoms with van der Waals surface area (Å²) in [6.45, 7) is 3.28. The number of aromatic nitrogens is 2. The first-order valence-electron chi connectivity index (χ1n) is 4.03. The van der Waals surface area contributed by atoms with Crippen LogP contribution in [0.25, 0.3) is 0 Å². The van der Waals surface area contributed by atoms with E-state index in [-0.39, 0.29) is 0 Å². The molecule has 0 bridgehead atoms. The van der Waals surface area contributed by atoms with Crippen molar-refractivity contribution in [3.8, 4) is 0 Å². The summed E-state index contributed by atoms with van der Waals surface area (Å²) in [6, 6.07) is 0. The molecule has 0 aliphatic heterocycles. The molecule has 1 rings (SSSR count). The van der Waals surface area contributed by atoms with Crippen molar-refractivity contribution in [2.24, 2.45) is 0 Å². The zero-order valence-corrected chi connectivity index (χ0v) is 7.72. The fraction of sp³-hybridized carbons (Fsp3) is 0.625. The second-order valence-electron chi connectivity index (χ2n) is 2.68. The van der Waals surface area contributed by atoms with E-state index in [4.69, 9.17) is 0 Å². The highest BCUT2D eigenvalue weighted by Crippen LogP contribution is 2.03. The van der Waals surface area contributed by atoms with Gasteiger partial charge in [-0.1, -0.05) is 19.8 Å². The van der Waals surface area contributed by atoms with Crippen LogP contribution in [-0.4, -0.2) is 9.55 Å². The molecule has 0 amide bonds. The number of hydrogen-bond donors (Lipinski definition) is 1. The summed E-state index contributed by atoms with van der Waals surface area (Å²) in [6.07, 6.45) is 7.58. The number of rotatable bonds is 4. The van der Waals surface area contributed by atoms with E-state index >= 15 is 0 Å². The van der Waals surface area contributed by atoms with E-state index in [9.17, 15) is 0 Å². The minimum Gasteiger partial charge on any atom is -0.336 e. The minimum atomic E-state index is 0.807. The average Bonchev–Trinajstić information content (AvgIpc) is 2.37. The van der Waals surface area contributed by atoms with Gasteiger partial charge in [0.2, 0.25) is 0 Å². The van der Waals surface area contributed by atoms with Gasteiger partial charge >= 0.3 is 0 Å². The lowest BCUT2D eigenvalue weighted by Crippen LogP contribution is -1.93. The first-order chi connectivity index (χ1) is 5.33. The molecule has 0 saturated carbocycles. The maximum Gasteiger partial charge on any atom is 0.111 e. The maximum absolute atomic E-state index is 4.12. The molecule has 0 aromatic carbocycles. The lowest BCUT2D eigenvalue weighted by molar-refractivity contribution is 0.601. The summed E-state index contributed by atoms with van der Waals surface area (Å²) < 4.78 is 2.08. The molecule has 0 atom stereocenters. The van der Waals surface area contributed by atoms with Crippen LogP contribution in [0, 0.1) is 0 Å². The third-order valence-corrected chi connectivity index (χ3v) is 1.87. The Balaban J connectivity index is 2.27. The first-order valence-corrected chi connectivity index (χ1v) is 4.48. The van der Waals surface area contributed by atoms with Gasteiger partial charge in [0.15, 0.2) is 0 Å². The van der Waals surface area contributed by atoms with Crippen molar-refractivity contribution in [1.29, 1.82) is 0 Å². The van der Waals surface area contributed by atoms with Crippen molar-refractivity contribution in [2.45, 2.75) is 37.8 Å². The zero-order chi connectivity index (χ0) is 8.10. The number of unbranched alkanes of at least 4 members (excludes halogenated alkanes) is 2. The zero-order valence-electron chi connectivity index (χ0n) is 6.82. The summed E-state index contributed by atoms with van der Waals surface area (Å²) >= 11 is 4.12. The molecule has 0 aliphatic rings. The first kappa shape index (κ1) is 8.65. The predicted octanol–water partition coefficient (Wildman–Crippen LogP) is 2.36. The molecule has 1 aromatic heterocycles. The normalized spacial score (nSPS) is 10.4. The van der Waals surface area contributed by atoms with Crippen LogP contribution in [0.4, 0.5) is 0 Å².